The molecule has 2 unspecified atom stereocenters. The summed E-state index contributed by atoms with van der Waals surface area (Å²) in [4.78, 5) is 0. The molecule has 0 aromatic heterocycles. The van der Waals surface area contributed by atoms with Crippen LogP contribution in [0.25, 0.3) is 0 Å². The fourth-order valence-corrected chi connectivity index (χ4v) is 2.29. The number of rotatable bonds is 4. The molecule has 2 rings (SSSR count). The van der Waals surface area contributed by atoms with E-state index in [4.69, 9.17) is 0 Å². The summed E-state index contributed by atoms with van der Waals surface area (Å²) in [7, 11) is 0. The van der Waals surface area contributed by atoms with Gasteiger partial charge >= 0.3 is 0 Å². The zero-order valence-corrected chi connectivity index (χ0v) is 9.56. The number of aliphatic hydroxyl groups excluding tert-OH is 1. The second-order valence-corrected chi connectivity index (χ2v) is 5.01. The van der Waals surface area contributed by atoms with Crippen LogP contribution in [-0.2, 0) is 0 Å². The predicted molar refractivity (Wildman–Crippen MR) is 62.8 cm³/mol. The average molecular weight is 204 g/mol. The van der Waals surface area contributed by atoms with Gasteiger partial charge in [0.05, 0.1) is 6.10 Å². The Morgan fingerprint density at radius 3 is 2.20 bits per heavy atom. The van der Waals surface area contributed by atoms with Crippen molar-refractivity contribution in [2.24, 2.45) is 11.8 Å². The molecule has 15 heavy (non-hydrogen) atoms. The van der Waals surface area contributed by atoms with Gasteiger partial charge in [-0.25, -0.2) is 0 Å². The van der Waals surface area contributed by atoms with Crippen LogP contribution in [0.2, 0.25) is 0 Å². The molecule has 1 fully saturated rings. The van der Waals surface area contributed by atoms with Crippen LogP contribution < -0.4 is 0 Å². The van der Waals surface area contributed by atoms with E-state index in [1.807, 2.05) is 6.07 Å². The SMILES string of the molecule is CC(C)C(O)C(c1ccccc1)C1CC1. The lowest BCUT2D eigenvalue weighted by molar-refractivity contribution is 0.0878. The lowest BCUT2D eigenvalue weighted by Crippen LogP contribution is -2.25. The Morgan fingerprint density at radius 1 is 1.13 bits per heavy atom. The first-order chi connectivity index (χ1) is 7.20. The van der Waals surface area contributed by atoms with Crippen LogP contribution in [0.1, 0.15) is 38.2 Å². The number of hydrogen-bond acceptors (Lipinski definition) is 1. The number of benzene rings is 1. The zero-order chi connectivity index (χ0) is 10.8. The lowest BCUT2D eigenvalue weighted by atomic mass is 9.84. The highest BCUT2D eigenvalue weighted by molar-refractivity contribution is 5.23. The van der Waals surface area contributed by atoms with Crippen LogP contribution in [-0.4, -0.2) is 11.2 Å². The monoisotopic (exact) mass is 204 g/mol. The molecule has 1 heteroatoms. The smallest absolute Gasteiger partial charge is 0.0634 e. The van der Waals surface area contributed by atoms with Crippen molar-refractivity contribution in [3.63, 3.8) is 0 Å². The van der Waals surface area contributed by atoms with E-state index in [2.05, 4.69) is 38.1 Å². The van der Waals surface area contributed by atoms with Gasteiger partial charge in [0, 0.05) is 5.92 Å². The average Bonchev–Trinajstić information content (AvgIpc) is 3.04. The fourth-order valence-electron chi connectivity index (χ4n) is 2.29. The molecule has 0 amide bonds. The molecule has 0 aliphatic heterocycles. The summed E-state index contributed by atoms with van der Waals surface area (Å²) < 4.78 is 0. The molecule has 0 radical (unpaired) electrons. The molecular weight excluding hydrogens is 184 g/mol. The van der Waals surface area contributed by atoms with Gasteiger partial charge in [-0.2, -0.15) is 0 Å². The van der Waals surface area contributed by atoms with Gasteiger partial charge in [0.25, 0.3) is 0 Å². The molecule has 0 spiro atoms. The van der Waals surface area contributed by atoms with E-state index in [-0.39, 0.29) is 6.10 Å². The maximum Gasteiger partial charge on any atom is 0.0634 e. The summed E-state index contributed by atoms with van der Waals surface area (Å²) in [6.45, 7) is 4.20. The van der Waals surface area contributed by atoms with Gasteiger partial charge in [-0.15, -0.1) is 0 Å². The summed E-state index contributed by atoms with van der Waals surface area (Å²) in [6.07, 6.45) is 2.37. The van der Waals surface area contributed by atoms with E-state index in [1.165, 1.54) is 18.4 Å². The third kappa shape index (κ3) is 2.40. The first-order valence-electron chi connectivity index (χ1n) is 5.93. The van der Waals surface area contributed by atoms with E-state index in [0.29, 0.717) is 17.8 Å². The first kappa shape index (κ1) is 10.7. The van der Waals surface area contributed by atoms with Crippen LogP contribution in [0.5, 0.6) is 0 Å². The molecule has 82 valence electrons. The largest absolute Gasteiger partial charge is 0.392 e. The molecule has 2 atom stereocenters. The number of aliphatic hydroxyl groups is 1. The quantitative estimate of drug-likeness (QED) is 0.798. The van der Waals surface area contributed by atoms with Crippen LogP contribution in [0.15, 0.2) is 30.3 Å². The van der Waals surface area contributed by atoms with E-state index in [0.717, 1.165) is 0 Å². The van der Waals surface area contributed by atoms with Crippen LogP contribution in [0, 0.1) is 11.8 Å². The number of hydrogen-bond donors (Lipinski definition) is 1. The van der Waals surface area contributed by atoms with Gasteiger partial charge in [-0.1, -0.05) is 44.2 Å². The van der Waals surface area contributed by atoms with Crippen LogP contribution in [0.4, 0.5) is 0 Å². The maximum absolute atomic E-state index is 10.3. The highest BCUT2D eigenvalue weighted by atomic mass is 16.3. The van der Waals surface area contributed by atoms with Gasteiger partial charge < -0.3 is 5.11 Å². The predicted octanol–water partition coefficient (Wildman–Crippen LogP) is 3.20. The molecule has 1 N–H and O–H groups in total. The summed E-state index contributed by atoms with van der Waals surface area (Å²) in [5.74, 6) is 1.41. The van der Waals surface area contributed by atoms with Gasteiger partial charge in [-0.3, -0.25) is 0 Å². The summed E-state index contributed by atoms with van der Waals surface area (Å²) in [5.41, 5.74) is 1.31. The molecule has 0 bridgehead atoms. The van der Waals surface area contributed by atoms with Crippen molar-refractivity contribution >= 4 is 0 Å². The molecular formula is C14H20O. The van der Waals surface area contributed by atoms with Crippen molar-refractivity contribution in [1.82, 2.24) is 0 Å². The maximum atomic E-state index is 10.3. The van der Waals surface area contributed by atoms with E-state index in [1.54, 1.807) is 0 Å². The highest BCUT2D eigenvalue weighted by Crippen LogP contribution is 2.45. The highest BCUT2D eigenvalue weighted by Gasteiger charge is 2.37. The third-order valence-corrected chi connectivity index (χ3v) is 3.37. The minimum atomic E-state index is -0.195. The Morgan fingerprint density at radius 2 is 1.73 bits per heavy atom. The Bertz CT molecular complexity index is 300. The molecule has 1 aromatic rings. The Balaban J connectivity index is 2.20. The van der Waals surface area contributed by atoms with Crippen LogP contribution >= 0.6 is 0 Å². The van der Waals surface area contributed by atoms with Gasteiger partial charge in [0.2, 0.25) is 0 Å². The Hall–Kier alpha value is -0.820. The van der Waals surface area contributed by atoms with E-state index in [9.17, 15) is 5.11 Å². The summed E-state index contributed by atoms with van der Waals surface area (Å²) in [5, 5.41) is 10.3. The molecule has 1 nitrogen and oxygen atoms in total. The van der Waals surface area contributed by atoms with Crippen molar-refractivity contribution in [1.29, 1.82) is 0 Å². The second kappa shape index (κ2) is 4.36. The standard InChI is InChI=1S/C14H20O/c1-10(2)14(15)13(12-8-9-12)11-6-4-3-5-7-11/h3-7,10,12-15H,8-9H2,1-2H3. The normalized spacial score (nSPS) is 20.3. The van der Waals surface area contributed by atoms with Crippen molar-refractivity contribution < 1.29 is 5.11 Å². The molecule has 0 saturated heterocycles. The Labute approximate surface area is 92.1 Å². The minimum Gasteiger partial charge on any atom is -0.392 e. The minimum absolute atomic E-state index is 0.195. The molecule has 1 aromatic carbocycles. The van der Waals surface area contributed by atoms with E-state index < -0.39 is 0 Å². The lowest BCUT2D eigenvalue weighted by Gasteiger charge is -2.26. The second-order valence-electron chi connectivity index (χ2n) is 5.01. The van der Waals surface area contributed by atoms with Crippen molar-refractivity contribution in [2.45, 2.75) is 38.7 Å². The third-order valence-electron chi connectivity index (χ3n) is 3.37. The van der Waals surface area contributed by atoms with Crippen molar-refractivity contribution in [2.75, 3.05) is 0 Å². The summed E-state index contributed by atoms with van der Waals surface area (Å²) in [6, 6.07) is 10.5. The van der Waals surface area contributed by atoms with Gasteiger partial charge in [0.1, 0.15) is 0 Å². The van der Waals surface area contributed by atoms with Crippen LogP contribution in [0.3, 0.4) is 0 Å². The Kier molecular flexibility index (Phi) is 3.11. The van der Waals surface area contributed by atoms with E-state index >= 15 is 0 Å². The summed E-state index contributed by atoms with van der Waals surface area (Å²) >= 11 is 0. The molecule has 0 heterocycles. The molecule has 1 aliphatic carbocycles. The molecule has 1 aliphatic rings. The molecule has 1 saturated carbocycles. The van der Waals surface area contributed by atoms with Crippen molar-refractivity contribution in [3.8, 4) is 0 Å². The first-order valence-corrected chi connectivity index (χ1v) is 5.93. The zero-order valence-electron chi connectivity index (χ0n) is 9.56. The topological polar surface area (TPSA) is 20.2 Å². The van der Waals surface area contributed by atoms with Crippen molar-refractivity contribution in [3.05, 3.63) is 35.9 Å². The van der Waals surface area contributed by atoms with Gasteiger partial charge in [0.15, 0.2) is 0 Å². The fraction of sp³-hybridized carbons (Fsp3) is 0.571. The van der Waals surface area contributed by atoms with Gasteiger partial charge in [-0.05, 0) is 30.2 Å².